The van der Waals surface area contributed by atoms with Gasteiger partial charge in [0.1, 0.15) is 6.61 Å². The van der Waals surface area contributed by atoms with Crippen LogP contribution >= 0.6 is 0 Å². The third-order valence-electron chi connectivity index (χ3n) is 4.40. The molecule has 2 amide bonds. The largest absolute Gasteiger partial charge is 0.463 e. The number of nitrogens with two attached hydrogens (primary N) is 1. The Morgan fingerprint density at radius 2 is 1.69 bits per heavy atom. The monoisotopic (exact) mass is 438 g/mol. The van der Waals surface area contributed by atoms with Gasteiger partial charge in [0.05, 0.1) is 12.2 Å². The van der Waals surface area contributed by atoms with Gasteiger partial charge < -0.3 is 20.5 Å². The fraction of sp³-hybridized carbons (Fsp3) is 0.250. The first kappa shape index (κ1) is 24.3. The Labute approximate surface area is 186 Å². The molecule has 0 spiro atoms. The Hall–Kier alpha value is -3.94. The molecule has 8 heteroatoms. The van der Waals surface area contributed by atoms with E-state index >= 15 is 0 Å². The van der Waals surface area contributed by atoms with Crippen molar-refractivity contribution >= 4 is 23.8 Å². The van der Waals surface area contributed by atoms with Crippen molar-refractivity contribution in [2.75, 3.05) is 6.61 Å². The molecule has 0 saturated heterocycles. The number of esters is 2. The molecule has 1 atom stereocenters. The van der Waals surface area contributed by atoms with E-state index < -0.39 is 29.8 Å². The second-order valence-electron chi connectivity index (χ2n) is 6.80. The summed E-state index contributed by atoms with van der Waals surface area (Å²) in [6, 6.07) is 14.6. The van der Waals surface area contributed by atoms with Crippen molar-refractivity contribution < 1.29 is 28.7 Å². The van der Waals surface area contributed by atoms with Crippen LogP contribution in [0.2, 0.25) is 0 Å². The summed E-state index contributed by atoms with van der Waals surface area (Å²) < 4.78 is 10.2. The molecular formula is C24H26N2O6. The summed E-state index contributed by atoms with van der Waals surface area (Å²) in [6.07, 6.45) is 2.89. The van der Waals surface area contributed by atoms with Crippen LogP contribution in [-0.2, 0) is 25.7 Å². The number of carbonyl (C=O) groups excluding carboxylic acids is 4. The van der Waals surface area contributed by atoms with Gasteiger partial charge in [-0.05, 0) is 31.5 Å². The maximum absolute atomic E-state index is 12.9. The SMILES string of the molecule is CCOC(=O)/C=C/[C@H](CCC(N)=O)NC(=O)c1ccccc1COC(=O)c1ccccc1. The van der Waals surface area contributed by atoms with Crippen LogP contribution < -0.4 is 11.1 Å². The van der Waals surface area contributed by atoms with Crippen molar-refractivity contribution in [1.29, 1.82) is 0 Å². The van der Waals surface area contributed by atoms with E-state index in [0.29, 0.717) is 16.7 Å². The van der Waals surface area contributed by atoms with E-state index in [1.165, 1.54) is 12.2 Å². The summed E-state index contributed by atoms with van der Waals surface area (Å²) in [7, 11) is 0. The van der Waals surface area contributed by atoms with Gasteiger partial charge in [-0.15, -0.1) is 0 Å². The maximum atomic E-state index is 12.9. The zero-order chi connectivity index (χ0) is 23.3. The van der Waals surface area contributed by atoms with Crippen LogP contribution in [0.1, 0.15) is 46.0 Å². The van der Waals surface area contributed by atoms with E-state index in [2.05, 4.69) is 5.32 Å². The van der Waals surface area contributed by atoms with Gasteiger partial charge >= 0.3 is 11.9 Å². The number of nitrogens with one attached hydrogen (secondary N) is 1. The Kier molecular flexibility index (Phi) is 9.65. The lowest BCUT2D eigenvalue weighted by Gasteiger charge is -2.16. The van der Waals surface area contributed by atoms with E-state index in [4.69, 9.17) is 15.2 Å². The highest BCUT2D eigenvalue weighted by Crippen LogP contribution is 2.13. The highest BCUT2D eigenvalue weighted by atomic mass is 16.5. The lowest BCUT2D eigenvalue weighted by Crippen LogP contribution is -2.35. The third kappa shape index (κ3) is 8.06. The minimum absolute atomic E-state index is 0.0223. The first-order valence-electron chi connectivity index (χ1n) is 10.1. The van der Waals surface area contributed by atoms with Gasteiger partial charge in [0, 0.05) is 29.7 Å². The zero-order valence-electron chi connectivity index (χ0n) is 17.8. The van der Waals surface area contributed by atoms with Crippen molar-refractivity contribution in [2.45, 2.75) is 32.4 Å². The molecule has 0 fully saturated rings. The molecule has 2 rings (SSSR count). The zero-order valence-corrected chi connectivity index (χ0v) is 17.8. The summed E-state index contributed by atoms with van der Waals surface area (Å²) in [5.74, 6) is -2.03. The minimum Gasteiger partial charge on any atom is -0.463 e. The molecule has 0 aliphatic rings. The Morgan fingerprint density at radius 1 is 1.00 bits per heavy atom. The van der Waals surface area contributed by atoms with Crippen LogP contribution in [0.4, 0.5) is 0 Å². The first-order chi connectivity index (χ1) is 15.4. The number of amides is 2. The summed E-state index contributed by atoms with van der Waals surface area (Å²) in [4.78, 5) is 47.9. The van der Waals surface area contributed by atoms with Gasteiger partial charge in [0.2, 0.25) is 5.91 Å². The van der Waals surface area contributed by atoms with E-state index in [1.807, 2.05) is 0 Å². The number of rotatable bonds is 11. The topological polar surface area (TPSA) is 125 Å². The molecule has 3 N–H and O–H groups in total. The minimum atomic E-state index is -0.626. The normalized spacial score (nSPS) is 11.5. The van der Waals surface area contributed by atoms with Crippen LogP contribution in [0.3, 0.4) is 0 Å². The molecule has 0 saturated carbocycles. The highest BCUT2D eigenvalue weighted by Gasteiger charge is 2.17. The van der Waals surface area contributed by atoms with Gasteiger partial charge in [-0.1, -0.05) is 42.5 Å². The summed E-state index contributed by atoms with van der Waals surface area (Å²) in [5, 5.41) is 2.76. The number of ether oxygens (including phenoxy) is 2. The molecule has 0 bridgehead atoms. The molecule has 0 aromatic heterocycles. The number of primary amides is 1. The number of hydrogen-bond acceptors (Lipinski definition) is 6. The standard InChI is InChI=1S/C24H26N2O6/c1-2-31-22(28)15-13-19(12-14-21(25)27)26-23(29)20-11-7-6-10-18(20)16-32-24(30)17-8-4-3-5-9-17/h3-11,13,15,19H,2,12,14,16H2,1H3,(H2,25,27)(H,26,29)/b15-13+/t19-/m0/s1. The van der Waals surface area contributed by atoms with Crippen molar-refractivity contribution in [3.05, 3.63) is 83.4 Å². The second-order valence-corrected chi connectivity index (χ2v) is 6.80. The molecule has 0 heterocycles. The lowest BCUT2D eigenvalue weighted by atomic mass is 10.1. The van der Waals surface area contributed by atoms with Crippen molar-refractivity contribution in [2.24, 2.45) is 5.73 Å². The number of carbonyl (C=O) groups is 4. The van der Waals surface area contributed by atoms with Crippen molar-refractivity contribution in [3.8, 4) is 0 Å². The first-order valence-corrected chi connectivity index (χ1v) is 10.1. The van der Waals surface area contributed by atoms with Crippen LogP contribution in [-0.4, -0.2) is 36.4 Å². The van der Waals surface area contributed by atoms with Crippen LogP contribution in [0.5, 0.6) is 0 Å². The molecule has 0 radical (unpaired) electrons. The molecule has 8 nitrogen and oxygen atoms in total. The molecule has 2 aromatic rings. The maximum Gasteiger partial charge on any atom is 0.338 e. The fourth-order valence-corrected chi connectivity index (χ4v) is 2.81. The molecule has 2 aromatic carbocycles. The molecule has 0 aliphatic carbocycles. The average Bonchev–Trinajstić information content (AvgIpc) is 2.80. The molecule has 0 unspecified atom stereocenters. The van der Waals surface area contributed by atoms with Crippen molar-refractivity contribution in [1.82, 2.24) is 5.32 Å². The molecule has 0 aliphatic heterocycles. The highest BCUT2D eigenvalue weighted by molar-refractivity contribution is 5.96. The molecule has 168 valence electrons. The van der Waals surface area contributed by atoms with Crippen molar-refractivity contribution in [3.63, 3.8) is 0 Å². The summed E-state index contributed by atoms with van der Waals surface area (Å²) in [5.41, 5.74) is 6.44. The molecule has 32 heavy (non-hydrogen) atoms. The molecular weight excluding hydrogens is 412 g/mol. The second kappa shape index (κ2) is 12.7. The van der Waals surface area contributed by atoms with E-state index in [9.17, 15) is 19.2 Å². The summed E-state index contributed by atoms with van der Waals surface area (Å²) >= 11 is 0. The Balaban J connectivity index is 2.09. The lowest BCUT2D eigenvalue weighted by molar-refractivity contribution is -0.137. The number of benzene rings is 2. The summed E-state index contributed by atoms with van der Waals surface area (Å²) in [6.45, 7) is 1.80. The van der Waals surface area contributed by atoms with E-state index in [-0.39, 0.29) is 26.1 Å². The van der Waals surface area contributed by atoms with Crippen LogP contribution in [0.25, 0.3) is 0 Å². The van der Waals surface area contributed by atoms with Gasteiger partial charge in [-0.2, -0.15) is 0 Å². The van der Waals surface area contributed by atoms with Crippen LogP contribution in [0, 0.1) is 0 Å². The van der Waals surface area contributed by atoms with Gasteiger partial charge in [-0.3, -0.25) is 9.59 Å². The third-order valence-corrected chi connectivity index (χ3v) is 4.40. The predicted octanol–water partition coefficient (Wildman–Crippen LogP) is 2.53. The Bertz CT molecular complexity index is 971. The fourth-order valence-electron chi connectivity index (χ4n) is 2.81. The van der Waals surface area contributed by atoms with Gasteiger partial charge in [0.25, 0.3) is 5.91 Å². The van der Waals surface area contributed by atoms with E-state index in [1.54, 1.807) is 61.5 Å². The van der Waals surface area contributed by atoms with Crippen LogP contribution in [0.15, 0.2) is 66.7 Å². The average molecular weight is 438 g/mol. The smallest absolute Gasteiger partial charge is 0.338 e. The van der Waals surface area contributed by atoms with E-state index in [0.717, 1.165) is 0 Å². The van der Waals surface area contributed by atoms with Gasteiger partial charge in [0.15, 0.2) is 0 Å². The Morgan fingerprint density at radius 3 is 2.38 bits per heavy atom. The quantitative estimate of drug-likeness (QED) is 0.410. The number of hydrogen-bond donors (Lipinski definition) is 2. The predicted molar refractivity (Wildman–Crippen MR) is 117 cm³/mol. The van der Waals surface area contributed by atoms with Gasteiger partial charge in [-0.25, -0.2) is 9.59 Å².